The molecule has 0 radical (unpaired) electrons. The van der Waals surface area contributed by atoms with Gasteiger partial charge in [-0.05, 0) is 24.5 Å². The number of nitrogens with two attached hydrogens (primary N) is 1. The fourth-order valence-corrected chi connectivity index (χ4v) is 3.07. The van der Waals surface area contributed by atoms with Crippen molar-refractivity contribution in [3.8, 4) is 0 Å². The molecule has 20 heavy (non-hydrogen) atoms. The van der Waals surface area contributed by atoms with E-state index < -0.39 is 0 Å². The minimum absolute atomic E-state index is 0.229. The van der Waals surface area contributed by atoms with E-state index in [1.807, 2.05) is 16.9 Å². The maximum atomic E-state index is 5.75. The topological polar surface area (TPSA) is 69.6 Å². The van der Waals surface area contributed by atoms with Gasteiger partial charge < -0.3 is 5.73 Å². The van der Waals surface area contributed by atoms with E-state index >= 15 is 0 Å². The smallest absolute Gasteiger partial charge is 0.239 e. The molecule has 3 aromatic rings. The van der Waals surface area contributed by atoms with Crippen molar-refractivity contribution in [3.05, 3.63) is 47.9 Å². The summed E-state index contributed by atoms with van der Waals surface area (Å²) in [5, 5.41) is 5.43. The average Bonchev–Trinajstić information content (AvgIpc) is 2.87. The summed E-state index contributed by atoms with van der Waals surface area (Å²) in [5.74, 6) is 1.55. The molecule has 1 atom stereocenters. The van der Waals surface area contributed by atoms with Crippen molar-refractivity contribution < 1.29 is 0 Å². The van der Waals surface area contributed by atoms with E-state index in [0.29, 0.717) is 5.95 Å². The van der Waals surface area contributed by atoms with Gasteiger partial charge in [0, 0.05) is 24.0 Å². The minimum Gasteiger partial charge on any atom is -0.366 e. The molecule has 0 saturated carbocycles. The molecule has 2 N–H and O–H groups in total. The predicted molar refractivity (Wildman–Crippen MR) is 77.3 cm³/mol. The fraction of sp³-hybridized carbons (Fsp3) is 0.267. The quantitative estimate of drug-likeness (QED) is 0.733. The zero-order valence-electron chi connectivity index (χ0n) is 11.0. The highest BCUT2D eigenvalue weighted by Gasteiger charge is 2.26. The van der Waals surface area contributed by atoms with Gasteiger partial charge in [0.1, 0.15) is 5.82 Å². The van der Waals surface area contributed by atoms with E-state index in [1.165, 1.54) is 5.56 Å². The normalized spacial score (nSPS) is 18.1. The molecule has 0 saturated heterocycles. The molecule has 2 aromatic heterocycles. The van der Waals surface area contributed by atoms with Gasteiger partial charge in [0.2, 0.25) is 5.95 Å². The molecule has 1 aliphatic heterocycles. The molecule has 0 bridgehead atoms. The standard InChI is InChI=1S/C15H15N5/c16-15-18-14-12(7-3-9-20(14)19-15)11-6-1-4-10-5-2-8-17-13(10)11/h1-2,4-6,8,12H,3,7,9H2,(H2,16,19). The number of fused-ring (bicyclic) bond motifs is 2. The van der Waals surface area contributed by atoms with Gasteiger partial charge in [0.25, 0.3) is 0 Å². The summed E-state index contributed by atoms with van der Waals surface area (Å²) in [6, 6.07) is 10.4. The number of aryl methyl sites for hydroxylation is 1. The molecule has 0 aliphatic carbocycles. The Morgan fingerprint density at radius 3 is 3.05 bits per heavy atom. The van der Waals surface area contributed by atoms with Crippen LogP contribution in [-0.2, 0) is 6.54 Å². The van der Waals surface area contributed by atoms with Gasteiger partial charge in [0.05, 0.1) is 5.52 Å². The molecule has 1 unspecified atom stereocenters. The predicted octanol–water partition coefficient (Wildman–Crippen LogP) is 2.33. The Kier molecular flexibility index (Phi) is 2.45. The number of hydrogen-bond acceptors (Lipinski definition) is 4. The third-order valence-corrected chi connectivity index (χ3v) is 3.93. The van der Waals surface area contributed by atoms with Crippen LogP contribution < -0.4 is 5.73 Å². The van der Waals surface area contributed by atoms with Crippen LogP contribution in [0.1, 0.15) is 30.1 Å². The summed E-state index contributed by atoms with van der Waals surface area (Å²) in [6.07, 6.45) is 3.99. The zero-order chi connectivity index (χ0) is 13.5. The Morgan fingerprint density at radius 2 is 2.10 bits per heavy atom. The molecular weight excluding hydrogens is 250 g/mol. The van der Waals surface area contributed by atoms with Crippen LogP contribution >= 0.6 is 0 Å². The van der Waals surface area contributed by atoms with Gasteiger partial charge in [-0.1, -0.05) is 24.3 Å². The lowest BCUT2D eigenvalue weighted by atomic mass is 9.89. The highest BCUT2D eigenvalue weighted by Crippen LogP contribution is 2.35. The van der Waals surface area contributed by atoms with E-state index in [2.05, 4.69) is 39.3 Å². The molecule has 0 spiro atoms. The van der Waals surface area contributed by atoms with Crippen LogP contribution in [0.3, 0.4) is 0 Å². The summed E-state index contributed by atoms with van der Waals surface area (Å²) in [5.41, 5.74) is 8.02. The Hall–Kier alpha value is -2.43. The molecule has 1 aromatic carbocycles. The first-order valence-electron chi connectivity index (χ1n) is 6.87. The maximum Gasteiger partial charge on any atom is 0.239 e. The van der Waals surface area contributed by atoms with Gasteiger partial charge in [-0.3, -0.25) is 4.98 Å². The molecule has 0 amide bonds. The first-order chi connectivity index (χ1) is 9.83. The second kappa shape index (κ2) is 4.30. The number of para-hydroxylation sites is 1. The van der Waals surface area contributed by atoms with Crippen LogP contribution in [0.2, 0.25) is 0 Å². The summed E-state index contributed by atoms with van der Waals surface area (Å²) >= 11 is 0. The molecule has 4 rings (SSSR count). The monoisotopic (exact) mass is 265 g/mol. The number of nitrogens with zero attached hydrogens (tertiary/aromatic N) is 4. The molecule has 100 valence electrons. The van der Waals surface area contributed by atoms with Crippen molar-refractivity contribution in [2.24, 2.45) is 0 Å². The summed E-state index contributed by atoms with van der Waals surface area (Å²) in [6.45, 7) is 0.897. The Labute approximate surface area is 116 Å². The SMILES string of the molecule is Nc1nc2n(n1)CCCC2c1cccc2cccnc12. The van der Waals surface area contributed by atoms with Crippen LogP contribution in [0.5, 0.6) is 0 Å². The summed E-state index contributed by atoms with van der Waals surface area (Å²) in [4.78, 5) is 8.97. The lowest BCUT2D eigenvalue weighted by Crippen LogP contribution is -2.18. The van der Waals surface area contributed by atoms with E-state index in [4.69, 9.17) is 5.73 Å². The second-order valence-corrected chi connectivity index (χ2v) is 5.17. The van der Waals surface area contributed by atoms with Crippen LogP contribution in [0.4, 0.5) is 5.95 Å². The molecule has 0 fully saturated rings. The first-order valence-corrected chi connectivity index (χ1v) is 6.87. The summed E-state index contributed by atoms with van der Waals surface area (Å²) < 4.78 is 1.94. The fourth-order valence-electron chi connectivity index (χ4n) is 3.07. The third kappa shape index (κ3) is 1.66. The molecular formula is C15H15N5. The van der Waals surface area contributed by atoms with Gasteiger partial charge in [-0.25, -0.2) is 4.68 Å². The second-order valence-electron chi connectivity index (χ2n) is 5.17. The van der Waals surface area contributed by atoms with Gasteiger partial charge >= 0.3 is 0 Å². The number of hydrogen-bond donors (Lipinski definition) is 1. The van der Waals surface area contributed by atoms with Crippen molar-refractivity contribution in [2.75, 3.05) is 5.73 Å². The minimum atomic E-state index is 0.229. The molecule has 5 heteroatoms. The van der Waals surface area contributed by atoms with Gasteiger partial charge in [-0.2, -0.15) is 4.98 Å². The highest BCUT2D eigenvalue weighted by atomic mass is 15.4. The number of nitrogen functional groups attached to an aromatic ring is 1. The Morgan fingerprint density at radius 1 is 1.20 bits per heavy atom. The zero-order valence-corrected chi connectivity index (χ0v) is 11.0. The number of aromatic nitrogens is 4. The third-order valence-electron chi connectivity index (χ3n) is 3.93. The Bertz CT molecular complexity index is 772. The maximum absolute atomic E-state index is 5.75. The molecule has 1 aliphatic rings. The summed E-state index contributed by atoms with van der Waals surface area (Å²) in [7, 11) is 0. The Balaban J connectivity index is 1.92. The van der Waals surface area contributed by atoms with E-state index in [9.17, 15) is 0 Å². The van der Waals surface area contributed by atoms with Crippen LogP contribution in [0, 0.1) is 0 Å². The van der Waals surface area contributed by atoms with Crippen LogP contribution in [-0.4, -0.2) is 19.7 Å². The van der Waals surface area contributed by atoms with Crippen molar-refractivity contribution in [1.29, 1.82) is 0 Å². The van der Waals surface area contributed by atoms with Crippen molar-refractivity contribution in [2.45, 2.75) is 25.3 Å². The average molecular weight is 265 g/mol. The highest BCUT2D eigenvalue weighted by molar-refractivity contribution is 5.82. The number of anilines is 1. The van der Waals surface area contributed by atoms with E-state index in [-0.39, 0.29) is 5.92 Å². The van der Waals surface area contributed by atoms with Crippen molar-refractivity contribution in [1.82, 2.24) is 19.7 Å². The number of rotatable bonds is 1. The van der Waals surface area contributed by atoms with Gasteiger partial charge in [0.15, 0.2) is 0 Å². The number of pyridine rings is 1. The number of benzene rings is 1. The van der Waals surface area contributed by atoms with Crippen LogP contribution in [0.25, 0.3) is 10.9 Å². The van der Waals surface area contributed by atoms with E-state index in [1.54, 1.807) is 0 Å². The largest absolute Gasteiger partial charge is 0.366 e. The molecule has 5 nitrogen and oxygen atoms in total. The van der Waals surface area contributed by atoms with Crippen molar-refractivity contribution in [3.63, 3.8) is 0 Å². The lowest BCUT2D eigenvalue weighted by Gasteiger charge is -2.23. The molecule has 3 heterocycles. The van der Waals surface area contributed by atoms with Crippen LogP contribution in [0.15, 0.2) is 36.5 Å². The van der Waals surface area contributed by atoms with Gasteiger partial charge in [-0.15, -0.1) is 5.10 Å². The van der Waals surface area contributed by atoms with E-state index in [0.717, 1.165) is 36.1 Å². The van der Waals surface area contributed by atoms with Crippen molar-refractivity contribution >= 4 is 16.9 Å². The first kappa shape index (κ1) is 11.4. The lowest BCUT2D eigenvalue weighted by molar-refractivity contribution is 0.447.